The van der Waals surface area contributed by atoms with Crippen LogP contribution in [0.1, 0.15) is 25.7 Å². The van der Waals surface area contributed by atoms with Gasteiger partial charge in [0.05, 0.1) is 40.3 Å². The summed E-state index contributed by atoms with van der Waals surface area (Å²) in [4.78, 5) is 0. The van der Waals surface area contributed by atoms with Gasteiger partial charge in [-0.05, 0) is 0 Å². The third-order valence-corrected chi connectivity index (χ3v) is 2.84. The zero-order valence-corrected chi connectivity index (χ0v) is 12.6. The lowest BCUT2D eigenvalue weighted by atomic mass is 10.4. The average Bonchev–Trinajstić information content (AvgIpc) is 2.60. The van der Waals surface area contributed by atoms with E-state index in [0.717, 1.165) is 0 Å². The summed E-state index contributed by atoms with van der Waals surface area (Å²) in [5, 5.41) is 2.36. The Morgan fingerprint density at radius 1 is 0.786 bits per heavy atom. The summed E-state index contributed by atoms with van der Waals surface area (Å²) >= 11 is 0. The van der Waals surface area contributed by atoms with Crippen LogP contribution in [0.4, 0.5) is 0 Å². The average molecular weight is 332 g/mol. The molecule has 0 aromatic rings. The fourth-order valence-corrected chi connectivity index (χ4v) is 1.91. The Morgan fingerprint density at radius 2 is 1.21 bits per heavy atom. The predicted octanol–water partition coefficient (Wildman–Crippen LogP) is -5.79. The van der Waals surface area contributed by atoms with Crippen LogP contribution < -0.4 is 39.3 Å². The number of likely N-dealkylation sites (tertiary alicyclic amines) is 1. The molecular weight excluding hydrogens is 308 g/mol. The smallest absolute Gasteiger partial charge is 0.0784 e. The standard InChI is InChI=1S/C6H14N.C4H9N.2BrH/c1-7(2)5-3-4-6-7;1-2-4-5-3-1;;/h3-6H2,1-2H3;5H,1-4H2;2*1H/q+1;;;/p-1. The van der Waals surface area contributed by atoms with Gasteiger partial charge in [-0.25, -0.2) is 0 Å². The van der Waals surface area contributed by atoms with Crippen molar-refractivity contribution in [2.24, 2.45) is 0 Å². The van der Waals surface area contributed by atoms with Gasteiger partial charge >= 0.3 is 0 Å². The lowest BCUT2D eigenvalue weighted by Crippen LogP contribution is -3.00. The molecule has 0 unspecified atom stereocenters. The molecule has 0 radical (unpaired) electrons. The van der Waals surface area contributed by atoms with E-state index < -0.39 is 0 Å². The summed E-state index contributed by atoms with van der Waals surface area (Å²) in [5.41, 5.74) is 0. The minimum Gasteiger partial charge on any atom is -1.00 e. The maximum Gasteiger partial charge on any atom is 0.0784 e. The molecule has 0 atom stereocenters. The van der Waals surface area contributed by atoms with Gasteiger partial charge in [0, 0.05) is 25.7 Å². The zero-order valence-electron chi connectivity index (χ0n) is 9.44. The normalized spacial score (nSPS) is 22.7. The molecule has 2 rings (SSSR count). The molecule has 0 spiro atoms. The van der Waals surface area contributed by atoms with Gasteiger partial charge in [0.15, 0.2) is 0 Å². The summed E-state index contributed by atoms with van der Waals surface area (Å²) in [7, 11) is 4.60. The number of nitrogens with two attached hydrogens (primary N) is 1. The Morgan fingerprint density at radius 3 is 1.36 bits per heavy atom. The first-order chi connectivity index (χ1) is 5.71. The fourth-order valence-electron chi connectivity index (χ4n) is 1.91. The topological polar surface area (TPSA) is 16.6 Å². The van der Waals surface area contributed by atoms with Crippen molar-refractivity contribution in [3.05, 3.63) is 0 Å². The highest BCUT2D eigenvalue weighted by Gasteiger charge is 2.19. The van der Waals surface area contributed by atoms with Gasteiger partial charge in [-0.3, -0.25) is 0 Å². The van der Waals surface area contributed by atoms with E-state index in [4.69, 9.17) is 0 Å². The third-order valence-electron chi connectivity index (χ3n) is 2.84. The number of halogens is 2. The highest BCUT2D eigenvalue weighted by molar-refractivity contribution is 4.46. The van der Waals surface area contributed by atoms with Crippen molar-refractivity contribution in [1.82, 2.24) is 0 Å². The minimum atomic E-state index is 0. The molecule has 2 nitrogen and oxygen atoms in total. The summed E-state index contributed by atoms with van der Waals surface area (Å²) < 4.78 is 1.25. The van der Waals surface area contributed by atoms with Crippen molar-refractivity contribution in [2.75, 3.05) is 40.3 Å². The van der Waals surface area contributed by atoms with Crippen molar-refractivity contribution in [3.8, 4) is 0 Å². The van der Waals surface area contributed by atoms with Crippen molar-refractivity contribution in [2.45, 2.75) is 25.7 Å². The van der Waals surface area contributed by atoms with Gasteiger partial charge in [0.2, 0.25) is 0 Å². The van der Waals surface area contributed by atoms with Crippen molar-refractivity contribution >= 4 is 0 Å². The van der Waals surface area contributed by atoms with E-state index in [0.29, 0.717) is 0 Å². The van der Waals surface area contributed by atoms with E-state index in [2.05, 4.69) is 19.4 Å². The van der Waals surface area contributed by atoms with Crippen LogP contribution in [0.2, 0.25) is 0 Å². The Kier molecular flexibility index (Phi) is 11.3. The minimum absolute atomic E-state index is 0. The predicted molar refractivity (Wildman–Crippen MR) is 52.0 cm³/mol. The third kappa shape index (κ3) is 8.21. The Hall–Kier alpha value is 0.880. The molecule has 0 aromatic carbocycles. The summed E-state index contributed by atoms with van der Waals surface area (Å²) in [6, 6.07) is 0. The Bertz CT molecular complexity index is 110. The summed E-state index contributed by atoms with van der Waals surface area (Å²) in [6.07, 6.45) is 5.76. The SMILES string of the molecule is C1CC[NH2+]C1.C[N+]1(C)CCCC1.[Br-].[Br-]. The van der Waals surface area contributed by atoms with Crippen LogP contribution >= 0.6 is 0 Å². The highest BCUT2D eigenvalue weighted by Crippen LogP contribution is 2.11. The largest absolute Gasteiger partial charge is 1.00 e. The van der Waals surface area contributed by atoms with Gasteiger partial charge in [0.1, 0.15) is 0 Å². The maximum atomic E-state index is 2.36. The van der Waals surface area contributed by atoms with Crippen LogP contribution in [-0.2, 0) is 0 Å². The van der Waals surface area contributed by atoms with Gasteiger partial charge in [-0.2, -0.15) is 0 Å². The number of quaternary nitrogens is 2. The second kappa shape index (κ2) is 9.13. The highest BCUT2D eigenvalue weighted by atomic mass is 79.9. The molecule has 2 saturated heterocycles. The van der Waals surface area contributed by atoms with Crippen molar-refractivity contribution in [3.63, 3.8) is 0 Å². The molecule has 0 saturated carbocycles. The van der Waals surface area contributed by atoms with Crippen LogP contribution in [0.5, 0.6) is 0 Å². The van der Waals surface area contributed by atoms with Gasteiger partial charge in [-0.1, -0.05) is 0 Å². The van der Waals surface area contributed by atoms with Gasteiger partial charge in [0.25, 0.3) is 0 Å². The number of hydrogen-bond donors (Lipinski definition) is 1. The van der Waals surface area contributed by atoms with E-state index in [1.54, 1.807) is 0 Å². The van der Waals surface area contributed by atoms with Crippen LogP contribution in [0, 0.1) is 0 Å². The first-order valence-corrected chi connectivity index (χ1v) is 5.34. The van der Waals surface area contributed by atoms with Gasteiger partial charge in [-0.15, -0.1) is 0 Å². The zero-order chi connectivity index (χ0) is 8.86. The monoisotopic (exact) mass is 330 g/mol. The lowest BCUT2D eigenvalue weighted by molar-refractivity contribution is -0.877. The Labute approximate surface area is 110 Å². The van der Waals surface area contributed by atoms with Crippen LogP contribution in [0.3, 0.4) is 0 Å². The number of nitrogens with zero attached hydrogens (tertiary/aromatic N) is 1. The van der Waals surface area contributed by atoms with E-state index in [9.17, 15) is 0 Å². The number of hydrogen-bond acceptors (Lipinski definition) is 0. The maximum absolute atomic E-state index is 2.36. The van der Waals surface area contributed by atoms with Crippen molar-refractivity contribution in [1.29, 1.82) is 0 Å². The molecule has 0 aliphatic carbocycles. The molecule has 0 aromatic heterocycles. The first kappa shape index (κ1) is 17.3. The first-order valence-electron chi connectivity index (χ1n) is 5.34. The van der Waals surface area contributed by atoms with E-state index in [1.165, 1.54) is 56.3 Å². The van der Waals surface area contributed by atoms with Crippen molar-refractivity contribution < 1.29 is 43.8 Å². The van der Waals surface area contributed by atoms with Crippen LogP contribution in [0.25, 0.3) is 0 Å². The number of rotatable bonds is 0. The quantitative estimate of drug-likeness (QED) is 0.426. The molecule has 0 amide bonds. The lowest BCUT2D eigenvalue weighted by Gasteiger charge is -2.21. The molecule has 88 valence electrons. The summed E-state index contributed by atoms with van der Waals surface area (Å²) in [5.74, 6) is 0. The second-order valence-electron chi connectivity index (χ2n) is 4.66. The molecule has 2 aliphatic heterocycles. The van der Waals surface area contributed by atoms with E-state index in [-0.39, 0.29) is 34.0 Å². The van der Waals surface area contributed by atoms with E-state index >= 15 is 0 Å². The molecule has 2 N–H and O–H groups in total. The van der Waals surface area contributed by atoms with Crippen LogP contribution in [0.15, 0.2) is 0 Å². The Balaban J connectivity index is 0. The molecule has 0 bridgehead atoms. The molecule has 2 heterocycles. The molecule has 2 fully saturated rings. The van der Waals surface area contributed by atoms with Crippen LogP contribution in [-0.4, -0.2) is 44.8 Å². The molecule has 2 aliphatic rings. The van der Waals surface area contributed by atoms with Gasteiger partial charge < -0.3 is 43.8 Å². The molecule has 4 heteroatoms. The summed E-state index contributed by atoms with van der Waals surface area (Å²) in [6.45, 7) is 5.53. The fraction of sp³-hybridized carbons (Fsp3) is 1.00. The molecular formula is C10H24Br2N2. The second-order valence-corrected chi connectivity index (χ2v) is 4.66. The van der Waals surface area contributed by atoms with E-state index in [1.807, 2.05) is 0 Å². The molecule has 14 heavy (non-hydrogen) atoms.